The lowest BCUT2D eigenvalue weighted by atomic mass is 10.4. The molecule has 1 N–H and O–H groups in total. The van der Waals surface area contributed by atoms with E-state index in [1.165, 1.54) is 23.1 Å². The van der Waals surface area contributed by atoms with E-state index >= 15 is 0 Å². The Hall–Kier alpha value is -1.38. The van der Waals surface area contributed by atoms with Crippen molar-refractivity contribution in [1.82, 2.24) is 4.98 Å². The van der Waals surface area contributed by atoms with Crippen LogP contribution in [-0.2, 0) is 9.53 Å². The maximum Gasteiger partial charge on any atom is 0.357 e. The number of anilines is 1. The first-order chi connectivity index (χ1) is 10.6. The minimum Gasteiger partial charge on any atom is -0.461 e. The quantitative estimate of drug-likeness (QED) is 0.589. The second kappa shape index (κ2) is 8.30. The standard InChI is InChI=1S/C14H13BrN2O3S2/c1-2-20-13(19)11-7-22-14(16-11)17-12(18)8-21-10-5-3-9(15)4-6-10/h3-7H,2,8H2,1H3,(H,16,17,18). The molecule has 5 nitrogen and oxygen atoms in total. The van der Waals surface area contributed by atoms with Crippen LogP contribution in [0, 0.1) is 0 Å². The Bertz CT molecular complexity index is 658. The fraction of sp³-hybridized carbons (Fsp3) is 0.214. The Balaban J connectivity index is 1.84. The van der Waals surface area contributed by atoms with Gasteiger partial charge in [-0.05, 0) is 31.2 Å². The van der Waals surface area contributed by atoms with Crippen molar-refractivity contribution in [2.45, 2.75) is 11.8 Å². The van der Waals surface area contributed by atoms with E-state index in [2.05, 4.69) is 26.2 Å². The average molecular weight is 401 g/mol. The smallest absolute Gasteiger partial charge is 0.357 e. The van der Waals surface area contributed by atoms with Gasteiger partial charge in [0.25, 0.3) is 0 Å². The van der Waals surface area contributed by atoms with Crippen LogP contribution < -0.4 is 5.32 Å². The molecule has 116 valence electrons. The van der Waals surface area contributed by atoms with Crippen molar-refractivity contribution >= 4 is 56.0 Å². The van der Waals surface area contributed by atoms with E-state index < -0.39 is 5.97 Å². The van der Waals surface area contributed by atoms with E-state index in [9.17, 15) is 9.59 Å². The molecule has 0 radical (unpaired) electrons. The highest BCUT2D eigenvalue weighted by Crippen LogP contribution is 2.21. The number of nitrogens with one attached hydrogen (secondary N) is 1. The summed E-state index contributed by atoms with van der Waals surface area (Å²) in [5.74, 6) is -0.378. The van der Waals surface area contributed by atoms with Gasteiger partial charge in [0.15, 0.2) is 10.8 Å². The van der Waals surface area contributed by atoms with Crippen molar-refractivity contribution in [2.75, 3.05) is 17.7 Å². The van der Waals surface area contributed by atoms with Gasteiger partial charge in [-0.25, -0.2) is 9.78 Å². The highest BCUT2D eigenvalue weighted by Gasteiger charge is 2.13. The molecule has 8 heteroatoms. The molecule has 0 aliphatic carbocycles. The second-order valence-electron chi connectivity index (χ2n) is 4.05. The molecule has 1 aromatic heterocycles. The molecule has 0 unspecified atom stereocenters. The van der Waals surface area contributed by atoms with E-state index in [4.69, 9.17) is 4.74 Å². The molecule has 0 saturated carbocycles. The van der Waals surface area contributed by atoms with Crippen LogP contribution in [0.15, 0.2) is 39.0 Å². The maximum absolute atomic E-state index is 11.9. The molecule has 1 heterocycles. The van der Waals surface area contributed by atoms with Crippen molar-refractivity contribution in [3.63, 3.8) is 0 Å². The third-order valence-electron chi connectivity index (χ3n) is 2.42. The molecule has 1 amide bonds. The van der Waals surface area contributed by atoms with Gasteiger partial charge in [-0.1, -0.05) is 15.9 Å². The zero-order valence-corrected chi connectivity index (χ0v) is 14.9. The van der Waals surface area contributed by atoms with Crippen molar-refractivity contribution in [1.29, 1.82) is 0 Å². The van der Waals surface area contributed by atoms with E-state index in [1.807, 2.05) is 24.3 Å². The number of carbonyl (C=O) groups is 2. The van der Waals surface area contributed by atoms with Crippen molar-refractivity contribution in [2.24, 2.45) is 0 Å². The van der Waals surface area contributed by atoms with Crippen LogP contribution in [0.3, 0.4) is 0 Å². The van der Waals surface area contributed by atoms with Crippen LogP contribution >= 0.6 is 39.0 Å². The van der Waals surface area contributed by atoms with Crippen molar-refractivity contribution < 1.29 is 14.3 Å². The topological polar surface area (TPSA) is 68.3 Å². The number of rotatable bonds is 6. The number of ether oxygens (including phenoxy) is 1. The van der Waals surface area contributed by atoms with Crippen LogP contribution in [-0.4, -0.2) is 29.2 Å². The highest BCUT2D eigenvalue weighted by molar-refractivity contribution is 9.10. The SMILES string of the molecule is CCOC(=O)c1csc(NC(=O)CSc2ccc(Br)cc2)n1. The first-order valence-electron chi connectivity index (χ1n) is 6.39. The van der Waals surface area contributed by atoms with Gasteiger partial charge in [-0.3, -0.25) is 4.79 Å². The summed E-state index contributed by atoms with van der Waals surface area (Å²) in [4.78, 5) is 28.4. The fourth-order valence-corrected chi connectivity index (χ4v) is 3.12. The second-order valence-corrected chi connectivity index (χ2v) is 6.87. The lowest BCUT2D eigenvalue weighted by molar-refractivity contribution is -0.113. The first kappa shape index (κ1) is 17.0. The molecular formula is C14H13BrN2O3S2. The number of carbonyl (C=O) groups excluding carboxylic acids is 2. The van der Waals surface area contributed by atoms with Crippen molar-refractivity contribution in [3.8, 4) is 0 Å². The zero-order chi connectivity index (χ0) is 15.9. The summed E-state index contributed by atoms with van der Waals surface area (Å²) in [5, 5.41) is 4.63. The van der Waals surface area contributed by atoms with E-state index in [0.717, 1.165) is 9.37 Å². The van der Waals surface area contributed by atoms with E-state index in [0.29, 0.717) is 11.7 Å². The van der Waals surface area contributed by atoms with Gasteiger partial charge in [0, 0.05) is 14.7 Å². The van der Waals surface area contributed by atoms with Crippen LogP contribution in [0.2, 0.25) is 0 Å². The molecular weight excluding hydrogens is 388 g/mol. The Labute approximate surface area is 144 Å². The Morgan fingerprint density at radius 1 is 1.36 bits per heavy atom. The summed E-state index contributed by atoms with van der Waals surface area (Å²) in [7, 11) is 0. The molecule has 0 bridgehead atoms. The third-order valence-corrected chi connectivity index (χ3v) is 4.72. The Kier molecular flexibility index (Phi) is 6.41. The van der Waals surface area contributed by atoms with E-state index in [-0.39, 0.29) is 17.4 Å². The number of esters is 1. The molecule has 0 atom stereocenters. The monoisotopic (exact) mass is 400 g/mol. The third kappa shape index (κ3) is 5.11. The number of thioether (sulfide) groups is 1. The number of benzene rings is 1. The van der Waals surface area contributed by atoms with Gasteiger partial charge in [-0.15, -0.1) is 23.1 Å². The molecule has 0 aliphatic rings. The summed E-state index contributed by atoms with van der Waals surface area (Å²) >= 11 is 5.99. The normalized spacial score (nSPS) is 10.3. The summed E-state index contributed by atoms with van der Waals surface area (Å²) in [6.07, 6.45) is 0. The summed E-state index contributed by atoms with van der Waals surface area (Å²) < 4.78 is 5.84. The average Bonchev–Trinajstić information content (AvgIpc) is 2.95. The van der Waals surface area contributed by atoms with Gasteiger partial charge < -0.3 is 10.1 Å². The molecule has 0 fully saturated rings. The molecule has 2 rings (SSSR count). The fourth-order valence-electron chi connectivity index (χ4n) is 1.46. The predicted octanol–water partition coefficient (Wildman–Crippen LogP) is 3.81. The van der Waals surface area contributed by atoms with Crippen LogP contribution in [0.4, 0.5) is 5.13 Å². The number of hydrogen-bond donors (Lipinski definition) is 1. The van der Waals surface area contributed by atoms with Crippen LogP contribution in [0.1, 0.15) is 17.4 Å². The Morgan fingerprint density at radius 3 is 2.77 bits per heavy atom. The van der Waals surface area contributed by atoms with E-state index in [1.54, 1.807) is 12.3 Å². The summed E-state index contributed by atoms with van der Waals surface area (Å²) in [6.45, 7) is 2.02. The number of nitrogens with zero attached hydrogens (tertiary/aromatic N) is 1. The van der Waals surface area contributed by atoms with Crippen LogP contribution in [0.5, 0.6) is 0 Å². The van der Waals surface area contributed by atoms with Crippen molar-refractivity contribution in [3.05, 3.63) is 39.8 Å². The largest absolute Gasteiger partial charge is 0.461 e. The molecule has 22 heavy (non-hydrogen) atoms. The number of hydrogen-bond acceptors (Lipinski definition) is 6. The van der Waals surface area contributed by atoms with Crippen LogP contribution in [0.25, 0.3) is 0 Å². The Morgan fingerprint density at radius 2 is 2.09 bits per heavy atom. The summed E-state index contributed by atoms with van der Waals surface area (Å²) in [6, 6.07) is 7.72. The lowest BCUT2D eigenvalue weighted by Crippen LogP contribution is -2.14. The molecule has 0 spiro atoms. The first-order valence-corrected chi connectivity index (χ1v) is 9.05. The van der Waals surface area contributed by atoms with Gasteiger partial charge in [0.2, 0.25) is 5.91 Å². The number of thiazole rings is 1. The predicted molar refractivity (Wildman–Crippen MR) is 91.6 cm³/mol. The lowest BCUT2D eigenvalue weighted by Gasteiger charge is -2.02. The van der Waals surface area contributed by atoms with Gasteiger partial charge in [0.05, 0.1) is 12.4 Å². The van der Waals surface area contributed by atoms with Gasteiger partial charge >= 0.3 is 5.97 Å². The zero-order valence-electron chi connectivity index (χ0n) is 11.7. The minimum absolute atomic E-state index is 0.169. The molecule has 2 aromatic rings. The molecule has 0 aliphatic heterocycles. The number of aromatic nitrogens is 1. The number of halogens is 1. The number of amides is 1. The molecule has 1 aromatic carbocycles. The summed E-state index contributed by atoms with van der Waals surface area (Å²) in [5.41, 5.74) is 0.211. The highest BCUT2D eigenvalue weighted by atomic mass is 79.9. The minimum atomic E-state index is -0.483. The maximum atomic E-state index is 11.9. The molecule has 0 saturated heterocycles. The van der Waals surface area contributed by atoms with Gasteiger partial charge in [-0.2, -0.15) is 0 Å². The van der Waals surface area contributed by atoms with Gasteiger partial charge in [0.1, 0.15) is 0 Å².